The van der Waals surface area contributed by atoms with Crippen molar-refractivity contribution in [3.8, 4) is 0 Å². The van der Waals surface area contributed by atoms with Gasteiger partial charge in [0.2, 0.25) is 5.91 Å². The first-order valence-electron chi connectivity index (χ1n) is 8.32. The largest absolute Gasteiger partial charge is 0.320 e. The summed E-state index contributed by atoms with van der Waals surface area (Å²) in [6, 6.07) is 0.0248. The van der Waals surface area contributed by atoms with E-state index in [1.54, 1.807) is 0 Å². The van der Waals surface area contributed by atoms with Crippen LogP contribution in [0.15, 0.2) is 0 Å². The molecule has 1 saturated heterocycles. The van der Waals surface area contributed by atoms with Crippen molar-refractivity contribution in [2.45, 2.75) is 85.0 Å². The van der Waals surface area contributed by atoms with Crippen LogP contribution in [0.4, 0.5) is 0 Å². The molecule has 1 heterocycles. The van der Waals surface area contributed by atoms with E-state index in [1.807, 2.05) is 0 Å². The van der Waals surface area contributed by atoms with E-state index in [-0.39, 0.29) is 17.7 Å². The van der Waals surface area contributed by atoms with Crippen molar-refractivity contribution >= 4 is 5.91 Å². The number of carbonyl (C=O) groups excluding carboxylic acids is 1. The van der Waals surface area contributed by atoms with E-state index in [1.165, 1.54) is 12.8 Å². The topological polar surface area (TPSA) is 32.3 Å². The van der Waals surface area contributed by atoms with Crippen LogP contribution in [0.5, 0.6) is 0 Å². The molecule has 2 fully saturated rings. The summed E-state index contributed by atoms with van der Waals surface area (Å²) in [6.07, 6.45) is 4.78. The van der Waals surface area contributed by atoms with Crippen LogP contribution in [0.3, 0.4) is 0 Å². The van der Waals surface area contributed by atoms with Gasteiger partial charge < -0.3 is 4.90 Å². The number of nitrogens with zero attached hydrogens (tertiary/aromatic N) is 1. The minimum atomic E-state index is 0.00930. The summed E-state index contributed by atoms with van der Waals surface area (Å²) >= 11 is 0. The summed E-state index contributed by atoms with van der Waals surface area (Å²) in [5.41, 5.74) is 0.00930. The van der Waals surface area contributed by atoms with Gasteiger partial charge in [-0.05, 0) is 57.3 Å². The Hall–Kier alpha value is -0.570. The molecule has 116 valence electrons. The molecule has 1 aliphatic heterocycles. The van der Waals surface area contributed by atoms with E-state index in [0.717, 1.165) is 12.8 Å². The van der Waals surface area contributed by atoms with Gasteiger partial charge >= 0.3 is 0 Å². The van der Waals surface area contributed by atoms with Crippen LogP contribution in [0.2, 0.25) is 0 Å². The van der Waals surface area contributed by atoms with Gasteiger partial charge in [0.25, 0.3) is 0 Å². The molecule has 2 aliphatic rings. The van der Waals surface area contributed by atoms with Gasteiger partial charge in [-0.1, -0.05) is 27.7 Å². The number of nitrogens with one attached hydrogen (secondary N) is 1. The maximum absolute atomic E-state index is 12.9. The lowest BCUT2D eigenvalue weighted by molar-refractivity contribution is -0.136. The van der Waals surface area contributed by atoms with E-state index >= 15 is 0 Å². The Morgan fingerprint density at radius 2 is 1.70 bits per heavy atom. The summed E-state index contributed by atoms with van der Waals surface area (Å²) in [6.45, 7) is 13.4. The Morgan fingerprint density at radius 1 is 1.15 bits per heavy atom. The molecule has 20 heavy (non-hydrogen) atoms. The Kier molecular flexibility index (Phi) is 4.48. The van der Waals surface area contributed by atoms with Crippen LogP contribution >= 0.6 is 0 Å². The van der Waals surface area contributed by atoms with E-state index < -0.39 is 0 Å². The van der Waals surface area contributed by atoms with E-state index in [4.69, 9.17) is 0 Å². The predicted octanol–water partition coefficient (Wildman–Crippen LogP) is 3.39. The highest BCUT2D eigenvalue weighted by atomic mass is 16.2. The molecule has 1 aliphatic carbocycles. The number of amides is 1. The first-order chi connectivity index (χ1) is 9.23. The Balaban J connectivity index is 2.17. The molecule has 2 unspecified atom stereocenters. The Labute approximate surface area is 124 Å². The summed E-state index contributed by atoms with van der Waals surface area (Å²) < 4.78 is 0. The molecule has 3 heteroatoms. The minimum absolute atomic E-state index is 0.00930. The molecular formula is C17H32N2O. The van der Waals surface area contributed by atoms with Crippen LogP contribution < -0.4 is 5.32 Å². The van der Waals surface area contributed by atoms with Gasteiger partial charge in [-0.2, -0.15) is 0 Å². The van der Waals surface area contributed by atoms with Crippen molar-refractivity contribution in [2.24, 2.45) is 17.8 Å². The number of rotatable bonds is 6. The molecule has 0 aromatic heterocycles. The molecule has 2 rings (SSSR count). The molecular weight excluding hydrogens is 248 g/mol. The zero-order valence-corrected chi connectivity index (χ0v) is 14.1. The quantitative estimate of drug-likeness (QED) is 0.809. The zero-order valence-electron chi connectivity index (χ0n) is 14.1. The van der Waals surface area contributed by atoms with Crippen LogP contribution in [0.25, 0.3) is 0 Å². The van der Waals surface area contributed by atoms with E-state index in [2.05, 4.69) is 51.8 Å². The standard InChI is InChI=1S/C17H32N2O/c1-11(2)9-14-16(20)19(15(18-14)10-12(3)4)17(5,6)13-7-8-13/h11-15,18H,7-10H2,1-6H3. The number of hydrogen-bond acceptors (Lipinski definition) is 2. The SMILES string of the molecule is CC(C)CC1NC(CC(C)C)N(C(C)(C)C2CC2)C1=O. The van der Waals surface area contributed by atoms with Crippen LogP contribution in [0, 0.1) is 17.8 Å². The normalized spacial score (nSPS) is 28.0. The summed E-state index contributed by atoms with van der Waals surface area (Å²) in [5.74, 6) is 2.19. The Bertz CT molecular complexity index is 358. The van der Waals surface area contributed by atoms with Crippen molar-refractivity contribution in [1.82, 2.24) is 10.2 Å². The van der Waals surface area contributed by atoms with Crippen LogP contribution in [0.1, 0.15) is 67.2 Å². The van der Waals surface area contributed by atoms with Gasteiger partial charge in [0.15, 0.2) is 0 Å². The lowest BCUT2D eigenvalue weighted by Crippen LogP contribution is -2.52. The fourth-order valence-electron chi connectivity index (χ4n) is 3.63. The third kappa shape index (κ3) is 3.19. The number of carbonyl (C=O) groups is 1. The summed E-state index contributed by atoms with van der Waals surface area (Å²) in [4.78, 5) is 15.1. The van der Waals surface area contributed by atoms with Gasteiger partial charge in [-0.3, -0.25) is 10.1 Å². The number of hydrogen-bond donors (Lipinski definition) is 1. The minimum Gasteiger partial charge on any atom is -0.320 e. The third-order valence-corrected chi connectivity index (χ3v) is 4.84. The van der Waals surface area contributed by atoms with Crippen molar-refractivity contribution in [2.75, 3.05) is 0 Å². The molecule has 1 saturated carbocycles. The molecule has 0 spiro atoms. The molecule has 0 aromatic carbocycles. The van der Waals surface area contributed by atoms with Gasteiger partial charge in [-0.15, -0.1) is 0 Å². The highest BCUT2D eigenvalue weighted by Gasteiger charge is 2.51. The lowest BCUT2D eigenvalue weighted by Gasteiger charge is -2.40. The Morgan fingerprint density at radius 3 is 2.15 bits per heavy atom. The highest BCUT2D eigenvalue weighted by molar-refractivity contribution is 5.85. The monoisotopic (exact) mass is 280 g/mol. The average Bonchev–Trinajstić information content (AvgIpc) is 3.06. The first kappa shape index (κ1) is 15.8. The van der Waals surface area contributed by atoms with Gasteiger partial charge in [0.1, 0.15) is 0 Å². The molecule has 3 nitrogen and oxygen atoms in total. The van der Waals surface area contributed by atoms with E-state index in [9.17, 15) is 4.79 Å². The maximum Gasteiger partial charge on any atom is 0.241 e. The van der Waals surface area contributed by atoms with E-state index in [0.29, 0.717) is 23.7 Å². The first-order valence-corrected chi connectivity index (χ1v) is 8.32. The second-order valence-corrected chi connectivity index (χ2v) is 8.13. The van der Waals surface area contributed by atoms with Crippen molar-refractivity contribution in [3.05, 3.63) is 0 Å². The van der Waals surface area contributed by atoms with Gasteiger partial charge in [0, 0.05) is 5.54 Å². The molecule has 2 atom stereocenters. The van der Waals surface area contributed by atoms with Crippen molar-refractivity contribution in [1.29, 1.82) is 0 Å². The average molecular weight is 280 g/mol. The maximum atomic E-state index is 12.9. The van der Waals surface area contributed by atoms with Crippen LogP contribution in [-0.4, -0.2) is 28.6 Å². The van der Waals surface area contributed by atoms with Crippen molar-refractivity contribution < 1.29 is 4.79 Å². The summed E-state index contributed by atoms with van der Waals surface area (Å²) in [7, 11) is 0. The second kappa shape index (κ2) is 5.67. The molecule has 1 amide bonds. The molecule has 1 N–H and O–H groups in total. The lowest BCUT2D eigenvalue weighted by atomic mass is 9.93. The summed E-state index contributed by atoms with van der Waals surface area (Å²) in [5, 5.41) is 3.62. The molecule has 0 radical (unpaired) electrons. The van der Waals surface area contributed by atoms with Crippen LogP contribution in [-0.2, 0) is 4.79 Å². The fraction of sp³-hybridized carbons (Fsp3) is 0.941. The molecule has 0 bridgehead atoms. The highest BCUT2D eigenvalue weighted by Crippen LogP contribution is 2.45. The fourth-order valence-corrected chi connectivity index (χ4v) is 3.63. The van der Waals surface area contributed by atoms with Gasteiger partial charge in [-0.25, -0.2) is 0 Å². The molecule has 0 aromatic rings. The van der Waals surface area contributed by atoms with Gasteiger partial charge in [0.05, 0.1) is 12.2 Å². The zero-order chi connectivity index (χ0) is 15.1. The van der Waals surface area contributed by atoms with Crippen molar-refractivity contribution in [3.63, 3.8) is 0 Å². The third-order valence-electron chi connectivity index (χ3n) is 4.84. The second-order valence-electron chi connectivity index (χ2n) is 8.13. The smallest absolute Gasteiger partial charge is 0.241 e. The predicted molar refractivity (Wildman–Crippen MR) is 83.3 cm³/mol.